The molecule has 2 aliphatic rings. The second-order valence-corrected chi connectivity index (χ2v) is 6.25. The summed E-state index contributed by atoms with van der Waals surface area (Å²) in [4.78, 5) is 25.6. The van der Waals surface area contributed by atoms with E-state index in [9.17, 15) is 14.7 Å². The standard InChI is InChI=1S/C15H24N2O3/c1-11-3-7-15(8-4-11,13(18)19)16-14(20)17-9-5-12(2)6-10-17/h5,11H,3-4,6-10H2,1-2H3,(H,16,20)(H,18,19). The summed E-state index contributed by atoms with van der Waals surface area (Å²) in [5.41, 5.74) is 0.216. The average Bonchev–Trinajstić information content (AvgIpc) is 2.42. The minimum Gasteiger partial charge on any atom is -0.480 e. The Hall–Kier alpha value is -1.52. The SMILES string of the molecule is CC1=CCN(C(=O)NC2(C(=O)O)CCC(C)CC2)CC1. The number of carbonyl (C=O) groups excluding carboxylic acids is 1. The highest BCUT2D eigenvalue weighted by Crippen LogP contribution is 2.32. The number of amides is 2. The lowest BCUT2D eigenvalue weighted by molar-refractivity contribution is -0.146. The van der Waals surface area contributed by atoms with Gasteiger partial charge in [-0.2, -0.15) is 0 Å². The van der Waals surface area contributed by atoms with E-state index in [4.69, 9.17) is 0 Å². The van der Waals surface area contributed by atoms with Crippen molar-refractivity contribution in [2.45, 2.75) is 51.5 Å². The van der Waals surface area contributed by atoms with Crippen LogP contribution in [0.2, 0.25) is 0 Å². The fraction of sp³-hybridized carbons (Fsp3) is 0.733. The van der Waals surface area contributed by atoms with Crippen molar-refractivity contribution >= 4 is 12.0 Å². The van der Waals surface area contributed by atoms with Crippen molar-refractivity contribution in [2.75, 3.05) is 13.1 Å². The van der Waals surface area contributed by atoms with E-state index in [1.165, 1.54) is 5.57 Å². The highest BCUT2D eigenvalue weighted by atomic mass is 16.4. The van der Waals surface area contributed by atoms with E-state index in [0.29, 0.717) is 31.8 Å². The summed E-state index contributed by atoms with van der Waals surface area (Å²) >= 11 is 0. The molecule has 0 aromatic heterocycles. The van der Waals surface area contributed by atoms with Gasteiger partial charge in [0.05, 0.1) is 0 Å². The molecule has 0 radical (unpaired) electrons. The van der Waals surface area contributed by atoms with Gasteiger partial charge in [0.2, 0.25) is 0 Å². The zero-order valence-corrected chi connectivity index (χ0v) is 12.3. The van der Waals surface area contributed by atoms with Crippen molar-refractivity contribution in [1.29, 1.82) is 0 Å². The first-order valence-corrected chi connectivity index (χ1v) is 7.39. The molecule has 1 fully saturated rings. The molecule has 0 atom stereocenters. The predicted molar refractivity (Wildman–Crippen MR) is 76.5 cm³/mol. The highest BCUT2D eigenvalue weighted by Gasteiger charge is 2.43. The number of aliphatic carboxylic acids is 1. The third-order valence-electron chi connectivity index (χ3n) is 4.61. The molecular formula is C15H24N2O3. The number of nitrogens with one attached hydrogen (secondary N) is 1. The molecule has 0 saturated heterocycles. The topological polar surface area (TPSA) is 69.6 Å². The van der Waals surface area contributed by atoms with E-state index >= 15 is 0 Å². The molecular weight excluding hydrogens is 256 g/mol. The van der Waals surface area contributed by atoms with Gasteiger partial charge in [-0.15, -0.1) is 0 Å². The molecule has 0 aromatic rings. The van der Waals surface area contributed by atoms with Crippen LogP contribution in [-0.2, 0) is 4.79 Å². The van der Waals surface area contributed by atoms with Gasteiger partial charge < -0.3 is 15.3 Å². The van der Waals surface area contributed by atoms with Gasteiger partial charge in [0.15, 0.2) is 0 Å². The number of carboxylic acids is 1. The molecule has 20 heavy (non-hydrogen) atoms. The van der Waals surface area contributed by atoms with Gasteiger partial charge in [0.1, 0.15) is 5.54 Å². The molecule has 112 valence electrons. The van der Waals surface area contributed by atoms with Crippen LogP contribution < -0.4 is 5.32 Å². The van der Waals surface area contributed by atoms with Crippen LogP contribution in [0.15, 0.2) is 11.6 Å². The Morgan fingerprint density at radius 2 is 2.05 bits per heavy atom. The third kappa shape index (κ3) is 3.14. The van der Waals surface area contributed by atoms with Gasteiger partial charge in [0.25, 0.3) is 0 Å². The molecule has 1 heterocycles. The lowest BCUT2D eigenvalue weighted by atomic mass is 9.77. The Kier molecular flexibility index (Phi) is 4.35. The van der Waals surface area contributed by atoms with Crippen LogP contribution in [0, 0.1) is 5.92 Å². The van der Waals surface area contributed by atoms with E-state index < -0.39 is 11.5 Å². The summed E-state index contributed by atoms with van der Waals surface area (Å²) in [5.74, 6) is -0.360. The quantitative estimate of drug-likeness (QED) is 0.763. The summed E-state index contributed by atoms with van der Waals surface area (Å²) in [7, 11) is 0. The van der Waals surface area contributed by atoms with Crippen LogP contribution in [0.4, 0.5) is 4.79 Å². The van der Waals surface area contributed by atoms with Crippen LogP contribution in [0.25, 0.3) is 0 Å². The minimum absolute atomic E-state index is 0.245. The Bertz CT molecular complexity index is 423. The molecule has 5 nitrogen and oxygen atoms in total. The first-order chi connectivity index (χ1) is 9.43. The first kappa shape index (κ1) is 14.9. The fourth-order valence-corrected chi connectivity index (χ4v) is 2.89. The second kappa shape index (κ2) is 5.85. The second-order valence-electron chi connectivity index (χ2n) is 6.25. The molecule has 0 aromatic carbocycles. The largest absolute Gasteiger partial charge is 0.480 e. The molecule has 2 amide bonds. The van der Waals surface area contributed by atoms with Crippen molar-refractivity contribution in [3.05, 3.63) is 11.6 Å². The zero-order chi connectivity index (χ0) is 14.8. The molecule has 0 spiro atoms. The van der Waals surface area contributed by atoms with E-state index in [2.05, 4.69) is 19.2 Å². The van der Waals surface area contributed by atoms with Crippen LogP contribution in [0.1, 0.15) is 46.0 Å². The van der Waals surface area contributed by atoms with Crippen molar-refractivity contribution < 1.29 is 14.7 Å². The van der Waals surface area contributed by atoms with Gasteiger partial charge in [-0.25, -0.2) is 9.59 Å². The van der Waals surface area contributed by atoms with Crippen LogP contribution in [0.3, 0.4) is 0 Å². The van der Waals surface area contributed by atoms with E-state index in [-0.39, 0.29) is 6.03 Å². The number of hydrogen-bond donors (Lipinski definition) is 2. The molecule has 1 aliphatic carbocycles. The van der Waals surface area contributed by atoms with Crippen LogP contribution in [-0.4, -0.2) is 40.6 Å². The summed E-state index contributed by atoms with van der Waals surface area (Å²) in [5, 5.41) is 12.3. The summed E-state index contributed by atoms with van der Waals surface area (Å²) in [6.45, 7) is 5.42. The number of urea groups is 1. The Morgan fingerprint density at radius 1 is 1.40 bits per heavy atom. The maximum atomic E-state index is 12.3. The van der Waals surface area contributed by atoms with Crippen molar-refractivity contribution in [3.8, 4) is 0 Å². The average molecular weight is 280 g/mol. The van der Waals surface area contributed by atoms with Gasteiger partial charge in [-0.1, -0.05) is 18.6 Å². The molecule has 2 rings (SSSR count). The molecule has 2 N–H and O–H groups in total. The van der Waals surface area contributed by atoms with E-state index in [1.807, 2.05) is 6.08 Å². The number of hydrogen-bond acceptors (Lipinski definition) is 2. The first-order valence-electron chi connectivity index (χ1n) is 7.39. The number of carboxylic acid groups (broad SMARTS) is 1. The lowest BCUT2D eigenvalue weighted by Crippen LogP contribution is -2.59. The lowest BCUT2D eigenvalue weighted by Gasteiger charge is -2.38. The Labute approximate surface area is 120 Å². The monoisotopic (exact) mass is 280 g/mol. The highest BCUT2D eigenvalue weighted by molar-refractivity contribution is 5.86. The normalized spacial score (nSPS) is 30.6. The van der Waals surface area contributed by atoms with Gasteiger partial charge in [-0.05, 0) is 44.9 Å². The Morgan fingerprint density at radius 3 is 2.55 bits per heavy atom. The fourth-order valence-electron chi connectivity index (χ4n) is 2.89. The summed E-state index contributed by atoms with van der Waals surface area (Å²) < 4.78 is 0. The number of rotatable bonds is 2. The number of carbonyl (C=O) groups is 2. The van der Waals surface area contributed by atoms with Crippen molar-refractivity contribution in [2.24, 2.45) is 5.92 Å². The van der Waals surface area contributed by atoms with E-state index in [0.717, 1.165) is 19.3 Å². The number of nitrogens with zero attached hydrogens (tertiary/aromatic N) is 1. The van der Waals surface area contributed by atoms with Crippen molar-refractivity contribution in [1.82, 2.24) is 10.2 Å². The Balaban J connectivity index is 2.02. The molecule has 0 unspecified atom stereocenters. The van der Waals surface area contributed by atoms with Gasteiger partial charge >= 0.3 is 12.0 Å². The summed E-state index contributed by atoms with van der Waals surface area (Å²) in [6.07, 6.45) is 5.65. The van der Waals surface area contributed by atoms with E-state index in [1.54, 1.807) is 4.90 Å². The third-order valence-corrected chi connectivity index (χ3v) is 4.61. The molecule has 1 saturated carbocycles. The maximum absolute atomic E-state index is 12.3. The van der Waals surface area contributed by atoms with Crippen molar-refractivity contribution in [3.63, 3.8) is 0 Å². The minimum atomic E-state index is -1.07. The summed E-state index contributed by atoms with van der Waals surface area (Å²) in [6, 6.07) is -0.245. The van der Waals surface area contributed by atoms with Gasteiger partial charge in [-0.3, -0.25) is 0 Å². The zero-order valence-electron chi connectivity index (χ0n) is 12.3. The van der Waals surface area contributed by atoms with Gasteiger partial charge in [0, 0.05) is 13.1 Å². The predicted octanol–water partition coefficient (Wildman–Crippen LogP) is 2.38. The molecule has 5 heteroatoms. The van der Waals surface area contributed by atoms with Crippen LogP contribution in [0.5, 0.6) is 0 Å². The smallest absolute Gasteiger partial charge is 0.329 e. The van der Waals surface area contributed by atoms with Crippen LogP contribution >= 0.6 is 0 Å². The molecule has 1 aliphatic heterocycles. The maximum Gasteiger partial charge on any atom is 0.329 e. The molecule has 0 bridgehead atoms.